The van der Waals surface area contributed by atoms with Crippen molar-refractivity contribution in [2.24, 2.45) is 5.41 Å². The van der Waals surface area contributed by atoms with Gasteiger partial charge >= 0.3 is 11.9 Å². The van der Waals surface area contributed by atoms with Crippen LogP contribution in [0, 0.1) is 5.41 Å². The lowest BCUT2D eigenvalue weighted by atomic mass is 9.90. The van der Waals surface area contributed by atoms with Gasteiger partial charge in [-0.15, -0.1) is 0 Å². The van der Waals surface area contributed by atoms with Crippen molar-refractivity contribution in [2.45, 2.75) is 27.7 Å². The second-order valence-electron chi connectivity index (χ2n) is 5.90. The molecule has 23 heavy (non-hydrogen) atoms. The number of hydrogen-bond donors (Lipinski definition) is 2. The smallest absolute Gasteiger partial charge is 0.352 e. The lowest BCUT2D eigenvalue weighted by Gasteiger charge is -2.15. The zero-order valence-corrected chi connectivity index (χ0v) is 13.7. The normalized spacial score (nSPS) is 11.7. The second-order valence-corrected chi connectivity index (χ2v) is 5.90. The maximum absolute atomic E-state index is 11.9. The molecule has 0 aliphatic rings. The van der Waals surface area contributed by atoms with E-state index >= 15 is 0 Å². The molecule has 0 radical (unpaired) electrons. The Kier molecular flexibility index (Phi) is 6.07. The number of carboxylic acid groups (broad SMARTS) is 1. The second kappa shape index (κ2) is 7.58. The minimum absolute atomic E-state index is 0.228. The number of carbonyl (C=O) groups excluding carboxylic acids is 2. The molecule has 0 saturated heterocycles. The van der Waals surface area contributed by atoms with Crippen LogP contribution >= 0.6 is 0 Å². The van der Waals surface area contributed by atoms with Gasteiger partial charge in [0.2, 0.25) is 0 Å². The largest absolute Gasteiger partial charge is 0.477 e. The fourth-order valence-electron chi connectivity index (χ4n) is 1.56. The molecule has 0 amide bonds. The lowest BCUT2D eigenvalue weighted by molar-refractivity contribution is -0.133. The molecule has 124 valence electrons. The molecule has 1 aromatic rings. The Balaban J connectivity index is 2.94. The first-order valence-corrected chi connectivity index (χ1v) is 7.18. The summed E-state index contributed by atoms with van der Waals surface area (Å²) in [5, 5.41) is 11.9. The fourth-order valence-corrected chi connectivity index (χ4v) is 1.56. The van der Waals surface area contributed by atoms with E-state index in [0.29, 0.717) is 11.3 Å². The Morgan fingerprint density at radius 1 is 1.17 bits per heavy atom. The fraction of sp³-hybridized carbons (Fsp3) is 0.353. The molecular formula is C17H21NO5. The van der Waals surface area contributed by atoms with E-state index in [1.165, 1.54) is 12.1 Å². The Morgan fingerprint density at radius 3 is 2.17 bits per heavy atom. The number of anilines is 1. The molecule has 0 fully saturated rings. The van der Waals surface area contributed by atoms with Crippen molar-refractivity contribution in [3.63, 3.8) is 0 Å². The standard InChI is InChI=1S/C17H21NO5/c1-5-23-16(22)11-6-8-12(9-7-11)18-13(15(20)21)10-14(19)17(2,3)4/h6-10,18H,5H2,1-4H3,(H,20,21). The maximum atomic E-state index is 11.9. The number of allylic oxidation sites excluding steroid dienone is 1. The molecule has 0 spiro atoms. The zero-order chi connectivity index (χ0) is 17.6. The molecule has 6 heteroatoms. The van der Waals surface area contributed by atoms with Crippen LogP contribution in [0.25, 0.3) is 0 Å². The maximum Gasteiger partial charge on any atom is 0.352 e. The van der Waals surface area contributed by atoms with Crippen molar-refractivity contribution in [1.82, 2.24) is 0 Å². The van der Waals surface area contributed by atoms with E-state index in [1.807, 2.05) is 0 Å². The number of benzene rings is 1. The Labute approximate surface area is 135 Å². The van der Waals surface area contributed by atoms with Gasteiger partial charge in [0, 0.05) is 17.2 Å². The van der Waals surface area contributed by atoms with Crippen LogP contribution in [0.5, 0.6) is 0 Å². The number of carboxylic acids is 1. The van der Waals surface area contributed by atoms with Crippen LogP contribution in [-0.2, 0) is 14.3 Å². The number of aliphatic carboxylic acids is 1. The third kappa shape index (κ3) is 5.58. The summed E-state index contributed by atoms with van der Waals surface area (Å²) >= 11 is 0. The van der Waals surface area contributed by atoms with Crippen LogP contribution in [-0.4, -0.2) is 29.4 Å². The molecule has 1 rings (SSSR count). The molecule has 0 aliphatic carbocycles. The van der Waals surface area contributed by atoms with Crippen LogP contribution in [0.2, 0.25) is 0 Å². The van der Waals surface area contributed by atoms with E-state index in [0.717, 1.165) is 6.08 Å². The van der Waals surface area contributed by atoms with E-state index in [-0.39, 0.29) is 18.1 Å². The van der Waals surface area contributed by atoms with Crippen molar-refractivity contribution in [3.8, 4) is 0 Å². The first-order valence-electron chi connectivity index (χ1n) is 7.18. The number of hydrogen-bond acceptors (Lipinski definition) is 5. The van der Waals surface area contributed by atoms with E-state index in [4.69, 9.17) is 4.74 Å². The van der Waals surface area contributed by atoms with Gasteiger partial charge in [-0.2, -0.15) is 0 Å². The van der Waals surface area contributed by atoms with Gasteiger partial charge in [0.15, 0.2) is 5.78 Å². The number of ketones is 1. The summed E-state index contributed by atoms with van der Waals surface area (Å²) in [6.07, 6.45) is 1.07. The Bertz CT molecular complexity index is 623. The summed E-state index contributed by atoms with van der Waals surface area (Å²) in [4.78, 5) is 34.8. The van der Waals surface area contributed by atoms with E-state index in [9.17, 15) is 19.5 Å². The number of carbonyl (C=O) groups is 3. The quantitative estimate of drug-likeness (QED) is 0.618. The van der Waals surface area contributed by atoms with Gasteiger partial charge in [0.05, 0.1) is 12.2 Å². The van der Waals surface area contributed by atoms with Crippen LogP contribution in [0.15, 0.2) is 36.0 Å². The number of rotatable bonds is 6. The van der Waals surface area contributed by atoms with E-state index < -0.39 is 17.4 Å². The average Bonchev–Trinajstić information content (AvgIpc) is 2.46. The molecule has 0 atom stereocenters. The molecule has 0 heterocycles. The van der Waals surface area contributed by atoms with Crippen LogP contribution in [0.1, 0.15) is 38.1 Å². The van der Waals surface area contributed by atoms with Gasteiger partial charge in [-0.1, -0.05) is 20.8 Å². The van der Waals surface area contributed by atoms with Crippen LogP contribution in [0.3, 0.4) is 0 Å². The first-order chi connectivity index (χ1) is 10.6. The predicted molar refractivity (Wildman–Crippen MR) is 86.2 cm³/mol. The van der Waals surface area contributed by atoms with Crippen molar-refractivity contribution in [3.05, 3.63) is 41.6 Å². The summed E-state index contributed by atoms with van der Waals surface area (Å²) in [5.41, 5.74) is -0.0814. The molecule has 2 N–H and O–H groups in total. The number of nitrogens with one attached hydrogen (secondary N) is 1. The Hall–Kier alpha value is -2.63. The molecule has 0 bridgehead atoms. The molecule has 0 aliphatic heterocycles. The minimum Gasteiger partial charge on any atom is -0.477 e. The minimum atomic E-state index is -1.24. The third-order valence-corrected chi connectivity index (χ3v) is 2.92. The summed E-state index contributed by atoms with van der Waals surface area (Å²) in [5.74, 6) is -1.99. The molecule has 0 aromatic heterocycles. The van der Waals surface area contributed by atoms with Gasteiger partial charge in [-0.3, -0.25) is 4.79 Å². The highest BCUT2D eigenvalue weighted by molar-refractivity contribution is 6.02. The van der Waals surface area contributed by atoms with Gasteiger partial charge in [-0.25, -0.2) is 9.59 Å². The van der Waals surface area contributed by atoms with Gasteiger partial charge in [0.1, 0.15) is 5.70 Å². The number of ether oxygens (including phenoxy) is 1. The topological polar surface area (TPSA) is 92.7 Å². The van der Waals surface area contributed by atoms with Crippen molar-refractivity contribution >= 4 is 23.4 Å². The highest BCUT2D eigenvalue weighted by Gasteiger charge is 2.21. The lowest BCUT2D eigenvalue weighted by Crippen LogP contribution is -2.21. The van der Waals surface area contributed by atoms with Crippen LogP contribution < -0.4 is 5.32 Å². The number of esters is 1. The molecule has 0 saturated carbocycles. The van der Waals surface area contributed by atoms with Crippen LogP contribution in [0.4, 0.5) is 5.69 Å². The molecule has 1 aromatic carbocycles. The summed E-state index contributed by atoms with van der Waals surface area (Å²) in [7, 11) is 0. The highest BCUT2D eigenvalue weighted by atomic mass is 16.5. The first kappa shape index (κ1) is 18.4. The van der Waals surface area contributed by atoms with E-state index in [1.54, 1.807) is 39.8 Å². The third-order valence-electron chi connectivity index (χ3n) is 2.92. The molecule has 0 unspecified atom stereocenters. The SMILES string of the molecule is CCOC(=O)c1ccc(NC(=CC(=O)C(C)(C)C)C(=O)O)cc1. The van der Waals surface area contributed by atoms with Crippen molar-refractivity contribution < 1.29 is 24.2 Å². The van der Waals surface area contributed by atoms with Gasteiger partial charge < -0.3 is 15.2 Å². The molecular weight excluding hydrogens is 298 g/mol. The van der Waals surface area contributed by atoms with Gasteiger partial charge in [0.25, 0.3) is 0 Å². The summed E-state index contributed by atoms with van der Waals surface area (Å²) in [6.45, 7) is 7.11. The summed E-state index contributed by atoms with van der Waals surface area (Å²) in [6, 6.07) is 6.13. The zero-order valence-electron chi connectivity index (χ0n) is 13.7. The predicted octanol–water partition coefficient (Wildman–Crippen LogP) is 2.86. The van der Waals surface area contributed by atoms with E-state index in [2.05, 4.69) is 5.32 Å². The highest BCUT2D eigenvalue weighted by Crippen LogP contribution is 2.18. The van der Waals surface area contributed by atoms with Crippen molar-refractivity contribution in [1.29, 1.82) is 0 Å². The van der Waals surface area contributed by atoms with Crippen molar-refractivity contribution in [2.75, 3.05) is 11.9 Å². The summed E-state index contributed by atoms with van der Waals surface area (Å²) < 4.78 is 4.87. The molecule has 6 nitrogen and oxygen atoms in total. The average molecular weight is 319 g/mol. The Morgan fingerprint density at radius 2 is 1.74 bits per heavy atom. The van der Waals surface area contributed by atoms with Gasteiger partial charge in [-0.05, 0) is 31.2 Å². The monoisotopic (exact) mass is 319 g/mol.